The van der Waals surface area contributed by atoms with Crippen molar-refractivity contribution in [1.82, 2.24) is 0 Å². The molecule has 0 aliphatic heterocycles. The molecule has 0 saturated heterocycles. The van der Waals surface area contributed by atoms with Crippen LogP contribution in [0.25, 0.3) is 0 Å². The monoisotopic (exact) mass is 258 g/mol. The largest absolute Gasteiger partial charge is 0.508 e. The van der Waals surface area contributed by atoms with Crippen LogP contribution in [0.15, 0.2) is 48.5 Å². The molecule has 0 aromatic heterocycles. The van der Waals surface area contributed by atoms with Crippen LogP contribution < -0.4 is 0 Å². The highest BCUT2D eigenvalue weighted by atomic mass is 16.5. The Kier molecular flexibility index (Phi) is 4.07. The van der Waals surface area contributed by atoms with Crippen LogP contribution in [0.4, 0.5) is 0 Å². The van der Waals surface area contributed by atoms with Crippen LogP contribution in [0.3, 0.4) is 0 Å². The van der Waals surface area contributed by atoms with Crippen LogP contribution >= 0.6 is 0 Å². The lowest BCUT2D eigenvalue weighted by Gasteiger charge is -2.20. The molecule has 0 aliphatic rings. The molecule has 2 aromatic carbocycles. The number of hydrogen-bond acceptors (Lipinski definition) is 3. The Balaban J connectivity index is 2.08. The zero-order valence-corrected chi connectivity index (χ0v) is 11.1. The summed E-state index contributed by atoms with van der Waals surface area (Å²) in [5, 5.41) is 18.9. The fraction of sp³-hybridized carbons (Fsp3) is 0.250. The maximum atomic E-state index is 9.46. The molecule has 0 saturated carbocycles. The first-order valence-electron chi connectivity index (χ1n) is 6.29. The van der Waals surface area contributed by atoms with Gasteiger partial charge in [0.05, 0.1) is 12.2 Å². The minimum absolute atomic E-state index is 0.135. The van der Waals surface area contributed by atoms with Crippen molar-refractivity contribution in [2.75, 3.05) is 0 Å². The third-order valence-corrected chi connectivity index (χ3v) is 3.09. The van der Waals surface area contributed by atoms with Gasteiger partial charge in [0, 0.05) is 0 Å². The van der Waals surface area contributed by atoms with E-state index in [1.54, 1.807) is 36.4 Å². The molecular weight excluding hydrogens is 240 g/mol. The zero-order valence-electron chi connectivity index (χ0n) is 11.1. The molecule has 2 unspecified atom stereocenters. The Bertz CT molecular complexity index is 502. The third kappa shape index (κ3) is 3.48. The lowest BCUT2D eigenvalue weighted by atomic mass is 10.1. The molecule has 0 heterocycles. The maximum absolute atomic E-state index is 9.46. The summed E-state index contributed by atoms with van der Waals surface area (Å²) >= 11 is 0. The van der Waals surface area contributed by atoms with Gasteiger partial charge in [0.25, 0.3) is 0 Å². The first-order valence-corrected chi connectivity index (χ1v) is 6.29. The summed E-state index contributed by atoms with van der Waals surface area (Å²) in [6, 6.07) is 14.1. The Morgan fingerprint density at radius 3 is 1.58 bits per heavy atom. The number of phenolic OH excluding ortho intramolecular Hbond substituents is 2. The van der Waals surface area contributed by atoms with Gasteiger partial charge in [0.15, 0.2) is 0 Å². The number of hydrogen-bond donors (Lipinski definition) is 2. The van der Waals surface area contributed by atoms with Gasteiger partial charge in [-0.1, -0.05) is 24.3 Å². The van der Waals surface area contributed by atoms with E-state index in [9.17, 15) is 10.2 Å². The van der Waals surface area contributed by atoms with Crippen molar-refractivity contribution in [3.63, 3.8) is 0 Å². The summed E-state index contributed by atoms with van der Waals surface area (Å²) in [5.74, 6) is 0.468. The number of rotatable bonds is 4. The van der Waals surface area contributed by atoms with E-state index in [1.807, 2.05) is 26.0 Å². The Hall–Kier alpha value is -2.00. The van der Waals surface area contributed by atoms with E-state index in [0.717, 1.165) is 11.1 Å². The van der Waals surface area contributed by atoms with Crippen LogP contribution in [0, 0.1) is 0 Å². The summed E-state index contributed by atoms with van der Waals surface area (Å²) in [4.78, 5) is 0. The van der Waals surface area contributed by atoms with E-state index < -0.39 is 0 Å². The Labute approximate surface area is 113 Å². The van der Waals surface area contributed by atoms with Crippen LogP contribution in [0.5, 0.6) is 11.5 Å². The van der Waals surface area contributed by atoms with Crippen LogP contribution in [-0.2, 0) is 4.74 Å². The molecule has 0 radical (unpaired) electrons. The average Bonchev–Trinajstić information content (AvgIpc) is 2.38. The lowest BCUT2D eigenvalue weighted by Crippen LogP contribution is -2.05. The predicted molar refractivity (Wildman–Crippen MR) is 74.1 cm³/mol. The van der Waals surface area contributed by atoms with E-state index >= 15 is 0 Å². The molecule has 2 aromatic rings. The molecule has 0 fully saturated rings. The molecule has 3 nitrogen and oxygen atoms in total. The van der Waals surface area contributed by atoms with Gasteiger partial charge in [-0.25, -0.2) is 0 Å². The predicted octanol–water partition coefficient (Wildman–Crippen LogP) is 3.94. The Morgan fingerprint density at radius 2 is 1.21 bits per heavy atom. The van der Waals surface area contributed by atoms with Gasteiger partial charge in [0.2, 0.25) is 0 Å². The van der Waals surface area contributed by atoms with Crippen LogP contribution in [0.2, 0.25) is 0 Å². The van der Waals surface area contributed by atoms with Crippen molar-refractivity contribution < 1.29 is 14.9 Å². The highest BCUT2D eigenvalue weighted by molar-refractivity contribution is 5.30. The fourth-order valence-electron chi connectivity index (χ4n) is 2.02. The second kappa shape index (κ2) is 5.76. The zero-order chi connectivity index (χ0) is 13.8. The SMILES string of the molecule is CC(OC(C)c1cccc(O)c1)c1cccc(O)c1. The standard InChI is InChI=1S/C16H18O3/c1-11(13-5-3-7-15(17)9-13)19-12(2)14-6-4-8-16(18)10-14/h3-12,17-18H,1-2H3. The van der Waals surface area contributed by atoms with Gasteiger partial charge in [-0.2, -0.15) is 0 Å². The van der Waals surface area contributed by atoms with Gasteiger partial charge in [-0.05, 0) is 49.2 Å². The van der Waals surface area contributed by atoms with Gasteiger partial charge in [0.1, 0.15) is 11.5 Å². The molecule has 2 atom stereocenters. The van der Waals surface area contributed by atoms with Gasteiger partial charge < -0.3 is 14.9 Å². The third-order valence-electron chi connectivity index (χ3n) is 3.09. The lowest BCUT2D eigenvalue weighted by molar-refractivity contribution is 0.00567. The van der Waals surface area contributed by atoms with Crippen molar-refractivity contribution in [2.45, 2.75) is 26.1 Å². The fourth-order valence-corrected chi connectivity index (χ4v) is 2.02. The highest BCUT2D eigenvalue weighted by Gasteiger charge is 2.13. The normalized spacial score (nSPS) is 14.0. The van der Waals surface area contributed by atoms with Crippen LogP contribution in [-0.4, -0.2) is 10.2 Å². The Morgan fingerprint density at radius 1 is 0.789 bits per heavy atom. The van der Waals surface area contributed by atoms with E-state index in [-0.39, 0.29) is 23.7 Å². The van der Waals surface area contributed by atoms with Crippen LogP contribution in [0.1, 0.15) is 37.2 Å². The van der Waals surface area contributed by atoms with E-state index in [1.165, 1.54) is 0 Å². The highest BCUT2D eigenvalue weighted by Crippen LogP contribution is 2.28. The summed E-state index contributed by atoms with van der Waals surface area (Å²) in [6.45, 7) is 3.88. The summed E-state index contributed by atoms with van der Waals surface area (Å²) < 4.78 is 5.91. The number of phenols is 2. The first-order chi connectivity index (χ1) is 9.06. The summed E-state index contributed by atoms with van der Waals surface area (Å²) in [6.07, 6.45) is -0.270. The van der Waals surface area contributed by atoms with Gasteiger partial charge in [-0.3, -0.25) is 0 Å². The maximum Gasteiger partial charge on any atom is 0.115 e. The minimum Gasteiger partial charge on any atom is -0.508 e. The summed E-state index contributed by atoms with van der Waals surface area (Å²) in [5.41, 5.74) is 1.85. The molecule has 3 heteroatoms. The van der Waals surface area contributed by atoms with Crippen molar-refractivity contribution in [3.8, 4) is 11.5 Å². The van der Waals surface area contributed by atoms with Crippen molar-refractivity contribution >= 4 is 0 Å². The smallest absolute Gasteiger partial charge is 0.115 e. The second-order valence-electron chi connectivity index (χ2n) is 4.61. The van der Waals surface area contributed by atoms with E-state index in [2.05, 4.69) is 0 Å². The molecule has 2 N–H and O–H groups in total. The molecule has 0 spiro atoms. The molecule has 100 valence electrons. The number of benzene rings is 2. The average molecular weight is 258 g/mol. The molecule has 0 amide bonds. The molecule has 2 rings (SSSR count). The summed E-state index contributed by atoms with van der Waals surface area (Å²) in [7, 11) is 0. The number of ether oxygens (including phenoxy) is 1. The quantitative estimate of drug-likeness (QED) is 0.873. The topological polar surface area (TPSA) is 49.7 Å². The van der Waals surface area contributed by atoms with Gasteiger partial charge >= 0.3 is 0 Å². The van der Waals surface area contributed by atoms with E-state index in [0.29, 0.717) is 0 Å². The molecule has 19 heavy (non-hydrogen) atoms. The molecular formula is C16H18O3. The number of aromatic hydroxyl groups is 2. The second-order valence-corrected chi connectivity index (χ2v) is 4.61. The van der Waals surface area contributed by atoms with Crippen molar-refractivity contribution in [2.24, 2.45) is 0 Å². The molecule has 0 aliphatic carbocycles. The van der Waals surface area contributed by atoms with E-state index in [4.69, 9.17) is 4.74 Å². The minimum atomic E-state index is -0.135. The van der Waals surface area contributed by atoms with Gasteiger partial charge in [-0.15, -0.1) is 0 Å². The molecule has 0 bridgehead atoms. The van der Waals surface area contributed by atoms with Crippen molar-refractivity contribution in [1.29, 1.82) is 0 Å². The first kappa shape index (κ1) is 13.4. The van der Waals surface area contributed by atoms with Crippen molar-refractivity contribution in [3.05, 3.63) is 59.7 Å².